The number of benzene rings is 4. The average molecular weight is 485 g/mol. The molecule has 0 atom stereocenters. The zero-order chi connectivity index (χ0) is 24.7. The average Bonchev–Trinajstić information content (AvgIpc) is 2.91. The smallest absolute Gasteiger partial charge is 0.206 e. The molecule has 4 aromatic rings. The number of sulfone groups is 1. The molecule has 0 aliphatic heterocycles. The van der Waals surface area contributed by atoms with E-state index in [-0.39, 0.29) is 9.79 Å². The lowest BCUT2D eigenvalue weighted by molar-refractivity contribution is 0.416. The summed E-state index contributed by atoms with van der Waals surface area (Å²) >= 11 is 0. The predicted molar refractivity (Wildman–Crippen MR) is 142 cm³/mol. The molecule has 0 fully saturated rings. The first-order chi connectivity index (χ1) is 17.0. The summed E-state index contributed by atoms with van der Waals surface area (Å²) in [4.78, 5) is 7.27. The number of methoxy groups -OCH3 is 1. The van der Waals surface area contributed by atoms with Gasteiger partial charge in [-0.25, -0.2) is 8.42 Å². The largest absolute Gasteiger partial charge is 0.494 e. The van der Waals surface area contributed by atoms with Crippen molar-refractivity contribution in [3.05, 3.63) is 114 Å². The molecule has 0 aromatic heterocycles. The molecule has 0 bridgehead atoms. The molecule has 0 N–H and O–H groups in total. The Morgan fingerprint density at radius 1 is 0.829 bits per heavy atom. The van der Waals surface area contributed by atoms with Crippen LogP contribution in [0.1, 0.15) is 18.1 Å². The van der Waals surface area contributed by atoms with Gasteiger partial charge in [0, 0.05) is 25.0 Å². The number of hydrogen-bond donors (Lipinski definition) is 0. The Kier molecular flexibility index (Phi) is 7.63. The zero-order valence-electron chi connectivity index (χ0n) is 19.8. The van der Waals surface area contributed by atoms with Crippen molar-refractivity contribution in [1.29, 1.82) is 0 Å². The standard InChI is InChI=1S/C29H28N2O3S/c1-3-31(22-24-10-6-4-7-11-24)25-16-14-23(15-17-25)21-30-28-20-27(18-19-29(28)34-2)35(32,33)26-12-8-5-9-13-26/h4-21H,3,22H2,1-2H3. The summed E-state index contributed by atoms with van der Waals surface area (Å²) in [6, 6.07) is 31.6. The van der Waals surface area contributed by atoms with E-state index in [4.69, 9.17) is 4.74 Å². The molecule has 0 heterocycles. The number of nitrogens with zero attached hydrogens (tertiary/aromatic N) is 2. The van der Waals surface area contributed by atoms with Crippen LogP contribution in [-0.2, 0) is 16.4 Å². The van der Waals surface area contributed by atoms with E-state index in [1.54, 1.807) is 61.9 Å². The van der Waals surface area contributed by atoms with Gasteiger partial charge in [0.1, 0.15) is 11.4 Å². The molecule has 0 amide bonds. The second-order valence-corrected chi connectivity index (χ2v) is 9.95. The van der Waals surface area contributed by atoms with E-state index in [9.17, 15) is 8.42 Å². The first kappa shape index (κ1) is 24.2. The van der Waals surface area contributed by atoms with Gasteiger partial charge in [-0.3, -0.25) is 4.99 Å². The van der Waals surface area contributed by atoms with Crippen LogP contribution in [0.3, 0.4) is 0 Å². The quantitative estimate of drug-likeness (QED) is 0.261. The molecule has 4 aromatic carbocycles. The fourth-order valence-electron chi connectivity index (χ4n) is 3.78. The van der Waals surface area contributed by atoms with Crippen LogP contribution < -0.4 is 9.64 Å². The lowest BCUT2D eigenvalue weighted by Gasteiger charge is -2.23. The fourth-order valence-corrected chi connectivity index (χ4v) is 5.08. The Hall–Kier alpha value is -3.90. The van der Waals surface area contributed by atoms with Crippen LogP contribution in [0.5, 0.6) is 5.75 Å². The molecule has 6 heteroatoms. The minimum atomic E-state index is -3.65. The second kappa shape index (κ2) is 11.0. The Balaban J connectivity index is 1.56. The van der Waals surface area contributed by atoms with Crippen LogP contribution >= 0.6 is 0 Å². The molecule has 0 radical (unpaired) electrons. The van der Waals surface area contributed by atoms with Gasteiger partial charge in [0.15, 0.2) is 0 Å². The van der Waals surface area contributed by atoms with Crippen molar-refractivity contribution in [3.8, 4) is 5.75 Å². The molecule has 0 saturated heterocycles. The molecular formula is C29H28N2O3S. The monoisotopic (exact) mass is 484 g/mol. The first-order valence-corrected chi connectivity index (χ1v) is 12.9. The number of rotatable bonds is 9. The van der Waals surface area contributed by atoms with E-state index >= 15 is 0 Å². The normalized spacial score (nSPS) is 11.5. The SMILES string of the molecule is CCN(Cc1ccccc1)c1ccc(C=Nc2cc(S(=O)(=O)c3ccccc3)ccc2OC)cc1. The Bertz CT molecular complexity index is 1390. The maximum atomic E-state index is 13.0. The van der Waals surface area contributed by atoms with Crippen molar-refractivity contribution >= 4 is 27.4 Å². The number of ether oxygens (including phenoxy) is 1. The molecule has 178 valence electrons. The number of hydrogen-bond acceptors (Lipinski definition) is 5. The molecule has 35 heavy (non-hydrogen) atoms. The highest BCUT2D eigenvalue weighted by Gasteiger charge is 2.19. The minimum absolute atomic E-state index is 0.173. The van der Waals surface area contributed by atoms with Gasteiger partial charge in [0.25, 0.3) is 0 Å². The van der Waals surface area contributed by atoms with Crippen LogP contribution in [0.25, 0.3) is 0 Å². The van der Waals surface area contributed by atoms with Crippen LogP contribution in [0.4, 0.5) is 11.4 Å². The summed E-state index contributed by atoms with van der Waals surface area (Å²) < 4.78 is 31.5. The lowest BCUT2D eigenvalue weighted by Crippen LogP contribution is -2.21. The van der Waals surface area contributed by atoms with Crippen molar-refractivity contribution in [3.63, 3.8) is 0 Å². The number of anilines is 1. The molecule has 0 aliphatic carbocycles. The van der Waals surface area contributed by atoms with Gasteiger partial charge in [-0.05, 0) is 60.5 Å². The maximum Gasteiger partial charge on any atom is 0.206 e. The summed E-state index contributed by atoms with van der Waals surface area (Å²) in [5.41, 5.74) is 3.75. The van der Waals surface area contributed by atoms with E-state index in [1.165, 1.54) is 5.56 Å². The first-order valence-electron chi connectivity index (χ1n) is 11.4. The summed E-state index contributed by atoms with van der Waals surface area (Å²) in [6.07, 6.45) is 1.72. The Labute approximate surface area is 207 Å². The number of aliphatic imine (C=N–C) groups is 1. The highest BCUT2D eigenvalue weighted by atomic mass is 32.2. The topological polar surface area (TPSA) is 59.0 Å². The third-order valence-electron chi connectivity index (χ3n) is 5.72. The van der Waals surface area contributed by atoms with Gasteiger partial charge in [0.05, 0.1) is 16.9 Å². The molecular weight excluding hydrogens is 456 g/mol. The van der Waals surface area contributed by atoms with Crippen LogP contribution in [0.15, 0.2) is 118 Å². The van der Waals surface area contributed by atoms with E-state index in [0.717, 1.165) is 24.3 Å². The van der Waals surface area contributed by atoms with Crippen LogP contribution in [0, 0.1) is 0 Å². The minimum Gasteiger partial charge on any atom is -0.494 e. The lowest BCUT2D eigenvalue weighted by atomic mass is 10.1. The van der Waals surface area contributed by atoms with E-state index in [2.05, 4.69) is 53.2 Å². The van der Waals surface area contributed by atoms with Crippen molar-refractivity contribution < 1.29 is 13.2 Å². The van der Waals surface area contributed by atoms with Crippen LogP contribution in [-0.4, -0.2) is 28.3 Å². The van der Waals surface area contributed by atoms with Gasteiger partial charge in [-0.2, -0.15) is 0 Å². The van der Waals surface area contributed by atoms with Gasteiger partial charge >= 0.3 is 0 Å². The third-order valence-corrected chi connectivity index (χ3v) is 7.49. The van der Waals surface area contributed by atoms with Gasteiger partial charge in [-0.15, -0.1) is 0 Å². The van der Waals surface area contributed by atoms with Crippen LogP contribution in [0.2, 0.25) is 0 Å². The predicted octanol–water partition coefficient (Wildman–Crippen LogP) is 6.31. The third kappa shape index (κ3) is 5.78. The summed E-state index contributed by atoms with van der Waals surface area (Å²) in [5.74, 6) is 0.505. The second-order valence-electron chi connectivity index (χ2n) is 8.00. The molecule has 4 rings (SSSR count). The van der Waals surface area contributed by atoms with Crippen molar-refractivity contribution in [2.24, 2.45) is 4.99 Å². The Morgan fingerprint density at radius 2 is 1.49 bits per heavy atom. The van der Waals surface area contributed by atoms with Crippen molar-refractivity contribution in [1.82, 2.24) is 0 Å². The van der Waals surface area contributed by atoms with Crippen molar-refractivity contribution in [2.75, 3.05) is 18.6 Å². The Morgan fingerprint density at radius 3 is 2.11 bits per heavy atom. The van der Waals surface area contributed by atoms with Gasteiger partial charge in [0.2, 0.25) is 9.84 Å². The van der Waals surface area contributed by atoms with Gasteiger partial charge in [-0.1, -0.05) is 60.7 Å². The molecule has 0 aliphatic rings. The molecule has 0 saturated carbocycles. The van der Waals surface area contributed by atoms with Gasteiger partial charge < -0.3 is 9.64 Å². The molecule has 0 unspecified atom stereocenters. The molecule has 0 spiro atoms. The summed E-state index contributed by atoms with van der Waals surface area (Å²) in [7, 11) is -2.11. The highest BCUT2D eigenvalue weighted by Crippen LogP contribution is 2.32. The summed E-state index contributed by atoms with van der Waals surface area (Å²) in [5, 5.41) is 0. The maximum absolute atomic E-state index is 13.0. The highest BCUT2D eigenvalue weighted by molar-refractivity contribution is 7.91. The van der Waals surface area contributed by atoms with E-state index in [0.29, 0.717) is 11.4 Å². The molecule has 5 nitrogen and oxygen atoms in total. The van der Waals surface area contributed by atoms with E-state index < -0.39 is 9.84 Å². The zero-order valence-corrected chi connectivity index (χ0v) is 20.7. The fraction of sp³-hybridized carbons (Fsp3) is 0.138. The van der Waals surface area contributed by atoms with Crippen molar-refractivity contribution in [2.45, 2.75) is 23.3 Å². The van der Waals surface area contributed by atoms with E-state index in [1.807, 2.05) is 18.2 Å². The summed E-state index contributed by atoms with van der Waals surface area (Å²) in [6.45, 7) is 3.87.